The molecule has 1 amide bonds. The summed E-state index contributed by atoms with van der Waals surface area (Å²) in [5.74, 6) is 0.0119. The van der Waals surface area contributed by atoms with Crippen LogP contribution < -0.4 is 5.32 Å². The van der Waals surface area contributed by atoms with E-state index >= 15 is 0 Å². The van der Waals surface area contributed by atoms with Crippen LogP contribution in [0.1, 0.15) is 36.9 Å². The van der Waals surface area contributed by atoms with Crippen molar-refractivity contribution in [2.75, 3.05) is 0 Å². The highest BCUT2D eigenvalue weighted by atomic mass is 35.5. The summed E-state index contributed by atoms with van der Waals surface area (Å²) < 4.78 is 0. The number of hydrogen-bond donors (Lipinski definition) is 2. The van der Waals surface area contributed by atoms with Crippen molar-refractivity contribution in [1.29, 1.82) is 0 Å². The molecule has 1 aromatic heterocycles. The molecule has 128 valence electrons. The number of aromatic hydroxyl groups is 1. The number of fused-ring (bicyclic) bond motifs is 1. The van der Waals surface area contributed by atoms with E-state index in [1.165, 1.54) is 0 Å². The van der Waals surface area contributed by atoms with Gasteiger partial charge in [0.2, 0.25) is 5.91 Å². The minimum atomic E-state index is -0.470. The van der Waals surface area contributed by atoms with E-state index in [1.807, 2.05) is 43.3 Å². The first-order valence-electron chi connectivity index (χ1n) is 8.21. The largest absolute Gasteiger partial charge is 0.505 e. The third-order valence-electron chi connectivity index (χ3n) is 4.08. The molecular formula is C20H19ClN2O2. The molecule has 1 atom stereocenters. The van der Waals surface area contributed by atoms with E-state index in [9.17, 15) is 9.90 Å². The van der Waals surface area contributed by atoms with Gasteiger partial charge >= 0.3 is 0 Å². The molecular weight excluding hydrogens is 336 g/mol. The predicted octanol–water partition coefficient (Wildman–Crippen LogP) is 4.60. The molecule has 3 aromatic rings. The Labute approximate surface area is 151 Å². The molecule has 2 aromatic carbocycles. The van der Waals surface area contributed by atoms with Crippen LogP contribution in [0.3, 0.4) is 0 Å². The minimum Gasteiger partial charge on any atom is -0.505 e. The van der Waals surface area contributed by atoms with E-state index < -0.39 is 6.04 Å². The van der Waals surface area contributed by atoms with Crippen LogP contribution in [0.5, 0.6) is 5.75 Å². The Morgan fingerprint density at radius 2 is 1.96 bits per heavy atom. The number of nitrogens with zero attached hydrogens (tertiary/aromatic N) is 1. The van der Waals surface area contributed by atoms with Crippen molar-refractivity contribution in [3.8, 4) is 5.75 Å². The molecule has 25 heavy (non-hydrogen) atoms. The lowest BCUT2D eigenvalue weighted by Crippen LogP contribution is -2.29. The number of phenolic OH excluding ortho intramolecular Hbond substituents is 1. The second-order valence-corrected chi connectivity index (χ2v) is 6.32. The molecule has 0 spiro atoms. The summed E-state index contributed by atoms with van der Waals surface area (Å²) in [7, 11) is 0. The molecule has 0 radical (unpaired) electrons. The van der Waals surface area contributed by atoms with Crippen LogP contribution in [-0.2, 0) is 4.79 Å². The van der Waals surface area contributed by atoms with Crippen molar-refractivity contribution in [2.24, 2.45) is 0 Å². The highest BCUT2D eigenvalue weighted by molar-refractivity contribution is 6.30. The van der Waals surface area contributed by atoms with Gasteiger partial charge < -0.3 is 10.4 Å². The zero-order chi connectivity index (χ0) is 17.8. The highest BCUT2D eigenvalue weighted by Gasteiger charge is 2.21. The normalized spacial score (nSPS) is 12.1. The topological polar surface area (TPSA) is 62.2 Å². The van der Waals surface area contributed by atoms with E-state index in [0.29, 0.717) is 22.5 Å². The fourth-order valence-corrected chi connectivity index (χ4v) is 2.96. The summed E-state index contributed by atoms with van der Waals surface area (Å²) in [5.41, 5.74) is 1.97. The quantitative estimate of drug-likeness (QED) is 0.703. The molecule has 2 N–H and O–H groups in total. The van der Waals surface area contributed by atoms with Gasteiger partial charge in [-0.1, -0.05) is 48.9 Å². The number of rotatable bonds is 5. The summed E-state index contributed by atoms with van der Waals surface area (Å²) in [4.78, 5) is 16.5. The summed E-state index contributed by atoms with van der Waals surface area (Å²) >= 11 is 5.98. The molecule has 0 aliphatic heterocycles. The molecule has 5 heteroatoms. The Hall–Kier alpha value is -2.59. The number of hydrogen-bond acceptors (Lipinski definition) is 3. The predicted molar refractivity (Wildman–Crippen MR) is 99.8 cm³/mol. The van der Waals surface area contributed by atoms with Crippen LogP contribution in [0.2, 0.25) is 5.02 Å². The SMILES string of the molecule is CCCC(=O)N[C@H](c1ccc(Cl)cc1)c1ccc2cccnc2c1O. The maximum atomic E-state index is 12.2. The average molecular weight is 355 g/mol. The van der Waals surface area contributed by atoms with Gasteiger partial charge in [-0.3, -0.25) is 9.78 Å². The fourth-order valence-electron chi connectivity index (χ4n) is 2.83. The van der Waals surface area contributed by atoms with Crippen LogP contribution in [0.25, 0.3) is 10.9 Å². The zero-order valence-corrected chi connectivity index (χ0v) is 14.6. The van der Waals surface area contributed by atoms with Crippen molar-refractivity contribution >= 4 is 28.4 Å². The first-order valence-corrected chi connectivity index (χ1v) is 8.59. The molecule has 0 unspecified atom stereocenters. The van der Waals surface area contributed by atoms with Crippen molar-refractivity contribution in [3.63, 3.8) is 0 Å². The second kappa shape index (κ2) is 7.53. The van der Waals surface area contributed by atoms with Gasteiger partial charge in [0.1, 0.15) is 11.3 Å². The molecule has 0 saturated carbocycles. The lowest BCUT2D eigenvalue weighted by molar-refractivity contribution is -0.121. The van der Waals surface area contributed by atoms with Gasteiger partial charge in [-0.05, 0) is 30.2 Å². The first kappa shape index (κ1) is 17.2. The van der Waals surface area contributed by atoms with Crippen LogP contribution in [0, 0.1) is 0 Å². The van der Waals surface area contributed by atoms with Crippen molar-refractivity contribution < 1.29 is 9.90 Å². The van der Waals surface area contributed by atoms with Crippen LogP contribution >= 0.6 is 11.6 Å². The van der Waals surface area contributed by atoms with Gasteiger partial charge in [0.05, 0.1) is 6.04 Å². The molecule has 0 aliphatic carbocycles. The van der Waals surface area contributed by atoms with Gasteiger partial charge in [-0.25, -0.2) is 0 Å². The summed E-state index contributed by atoms with van der Waals surface area (Å²) in [6, 6.07) is 14.2. The Balaban J connectivity index is 2.08. The molecule has 4 nitrogen and oxygen atoms in total. The number of nitrogens with one attached hydrogen (secondary N) is 1. The molecule has 1 heterocycles. The average Bonchev–Trinajstić information content (AvgIpc) is 2.62. The second-order valence-electron chi connectivity index (χ2n) is 5.88. The van der Waals surface area contributed by atoms with Crippen molar-refractivity contribution in [3.05, 3.63) is 70.9 Å². The van der Waals surface area contributed by atoms with Crippen LogP contribution in [-0.4, -0.2) is 16.0 Å². The monoisotopic (exact) mass is 354 g/mol. The maximum absolute atomic E-state index is 12.2. The molecule has 0 fully saturated rings. The van der Waals surface area contributed by atoms with E-state index in [2.05, 4.69) is 10.3 Å². The number of pyridine rings is 1. The number of phenols is 1. The minimum absolute atomic E-state index is 0.0667. The summed E-state index contributed by atoms with van der Waals surface area (Å²) in [6.45, 7) is 1.95. The number of carbonyl (C=O) groups excluding carboxylic acids is 1. The third kappa shape index (κ3) is 3.74. The van der Waals surface area contributed by atoms with Crippen LogP contribution in [0.15, 0.2) is 54.7 Å². The summed E-state index contributed by atoms with van der Waals surface area (Å²) in [6.07, 6.45) is 2.82. The molecule has 0 saturated heterocycles. The zero-order valence-electron chi connectivity index (χ0n) is 13.9. The Bertz CT molecular complexity index is 894. The third-order valence-corrected chi connectivity index (χ3v) is 4.33. The van der Waals surface area contributed by atoms with Gasteiger partial charge in [0, 0.05) is 28.6 Å². The van der Waals surface area contributed by atoms with E-state index in [0.717, 1.165) is 17.4 Å². The Morgan fingerprint density at radius 3 is 2.68 bits per heavy atom. The molecule has 0 aliphatic rings. The van der Waals surface area contributed by atoms with Gasteiger partial charge in [0.15, 0.2) is 0 Å². The smallest absolute Gasteiger partial charge is 0.220 e. The molecule has 0 bridgehead atoms. The maximum Gasteiger partial charge on any atom is 0.220 e. The first-order chi connectivity index (χ1) is 12.1. The highest BCUT2D eigenvalue weighted by Crippen LogP contribution is 2.34. The van der Waals surface area contributed by atoms with Crippen LogP contribution in [0.4, 0.5) is 0 Å². The summed E-state index contributed by atoms with van der Waals surface area (Å²) in [5, 5.41) is 15.2. The number of benzene rings is 2. The van der Waals surface area contributed by atoms with E-state index in [1.54, 1.807) is 18.3 Å². The lowest BCUT2D eigenvalue weighted by Gasteiger charge is -2.21. The van der Waals surface area contributed by atoms with Crippen molar-refractivity contribution in [2.45, 2.75) is 25.8 Å². The van der Waals surface area contributed by atoms with Gasteiger partial charge in [0.25, 0.3) is 0 Å². The van der Waals surface area contributed by atoms with E-state index in [4.69, 9.17) is 11.6 Å². The lowest BCUT2D eigenvalue weighted by atomic mass is 9.96. The number of carbonyl (C=O) groups is 1. The number of halogens is 1. The number of amides is 1. The van der Waals surface area contributed by atoms with Gasteiger partial charge in [-0.2, -0.15) is 0 Å². The Morgan fingerprint density at radius 1 is 1.20 bits per heavy atom. The standard InChI is InChI=1S/C20H19ClN2O2/c1-2-4-17(24)23-18(14-6-9-15(21)10-7-14)16-11-8-13-5-3-12-22-19(13)20(16)25/h3,5-12,18,25H,2,4H2,1H3,(H,23,24)/t18-/m1/s1. The van der Waals surface area contributed by atoms with Crippen molar-refractivity contribution in [1.82, 2.24) is 10.3 Å². The van der Waals surface area contributed by atoms with Gasteiger partial charge in [-0.15, -0.1) is 0 Å². The van der Waals surface area contributed by atoms with E-state index in [-0.39, 0.29) is 11.7 Å². The molecule has 3 rings (SSSR count). The number of aromatic nitrogens is 1. The Kier molecular flexibility index (Phi) is 5.19. The fraction of sp³-hybridized carbons (Fsp3) is 0.200.